The highest BCUT2D eigenvalue weighted by atomic mass is 16.5. The Morgan fingerprint density at radius 1 is 1.42 bits per heavy atom. The average molecular weight is 260 g/mol. The van der Waals surface area contributed by atoms with Gasteiger partial charge in [0, 0.05) is 5.92 Å². The summed E-state index contributed by atoms with van der Waals surface area (Å²) in [6.07, 6.45) is 4.07. The van der Waals surface area contributed by atoms with Gasteiger partial charge in [-0.2, -0.15) is 0 Å². The van der Waals surface area contributed by atoms with Crippen LogP contribution in [0.1, 0.15) is 37.3 Å². The summed E-state index contributed by atoms with van der Waals surface area (Å²) < 4.78 is 5.16. The van der Waals surface area contributed by atoms with E-state index in [1.54, 1.807) is 6.92 Å². The molecule has 1 fully saturated rings. The van der Waals surface area contributed by atoms with Crippen molar-refractivity contribution in [2.75, 3.05) is 6.61 Å². The molecule has 0 saturated heterocycles. The van der Waals surface area contributed by atoms with Crippen LogP contribution in [0.3, 0.4) is 0 Å². The normalized spacial score (nSPS) is 32.5. The third kappa shape index (κ3) is 1.79. The quantitative estimate of drug-likeness (QED) is 0.831. The van der Waals surface area contributed by atoms with E-state index in [4.69, 9.17) is 4.74 Å². The Morgan fingerprint density at radius 2 is 2.21 bits per heavy atom. The Morgan fingerprint density at radius 3 is 3.00 bits per heavy atom. The van der Waals surface area contributed by atoms with Gasteiger partial charge in [-0.3, -0.25) is 0 Å². The lowest BCUT2D eigenvalue weighted by molar-refractivity contribution is -0.176. The topological polar surface area (TPSA) is 46.5 Å². The molecule has 0 bridgehead atoms. The number of hydrogen-bond donors (Lipinski definition) is 1. The third-order valence-corrected chi connectivity index (χ3v) is 4.69. The molecule has 102 valence electrons. The van der Waals surface area contributed by atoms with Crippen LogP contribution >= 0.6 is 0 Å². The zero-order valence-corrected chi connectivity index (χ0v) is 11.3. The summed E-state index contributed by atoms with van der Waals surface area (Å²) in [6, 6.07) is 7.76. The predicted octanol–water partition coefficient (Wildman–Crippen LogP) is 2.41. The smallest absolute Gasteiger partial charge is 0.343 e. The van der Waals surface area contributed by atoms with Crippen molar-refractivity contribution in [1.82, 2.24) is 0 Å². The molecular weight excluding hydrogens is 240 g/mol. The maximum atomic E-state index is 12.4. The summed E-state index contributed by atoms with van der Waals surface area (Å²) in [5.41, 5.74) is 0.421. The number of fused-ring (bicyclic) bond motifs is 2. The minimum Gasteiger partial charge on any atom is -0.464 e. The fourth-order valence-corrected chi connectivity index (χ4v) is 3.89. The molecule has 2 aliphatic rings. The molecule has 19 heavy (non-hydrogen) atoms. The van der Waals surface area contributed by atoms with Gasteiger partial charge in [-0.15, -0.1) is 0 Å². The zero-order chi connectivity index (χ0) is 13.5. The van der Waals surface area contributed by atoms with Gasteiger partial charge in [0.05, 0.1) is 6.61 Å². The molecular formula is C16H20O3. The summed E-state index contributed by atoms with van der Waals surface area (Å²) in [4.78, 5) is 12.4. The molecule has 3 atom stereocenters. The van der Waals surface area contributed by atoms with E-state index in [0.717, 1.165) is 36.8 Å². The molecule has 3 unspecified atom stereocenters. The highest BCUT2D eigenvalue weighted by Gasteiger charge is 2.54. The number of ether oxygens (including phenoxy) is 1. The molecule has 1 aromatic carbocycles. The summed E-state index contributed by atoms with van der Waals surface area (Å²) in [7, 11) is 0. The van der Waals surface area contributed by atoms with Crippen LogP contribution < -0.4 is 0 Å². The molecule has 0 spiro atoms. The molecule has 0 aliphatic heterocycles. The van der Waals surface area contributed by atoms with Crippen molar-refractivity contribution < 1.29 is 14.6 Å². The van der Waals surface area contributed by atoms with Crippen LogP contribution in [-0.4, -0.2) is 17.7 Å². The van der Waals surface area contributed by atoms with Gasteiger partial charge in [0.25, 0.3) is 0 Å². The van der Waals surface area contributed by atoms with Crippen molar-refractivity contribution in [2.24, 2.45) is 11.8 Å². The van der Waals surface area contributed by atoms with Gasteiger partial charge >= 0.3 is 5.97 Å². The number of rotatable bonds is 2. The Hall–Kier alpha value is -1.35. The van der Waals surface area contributed by atoms with E-state index in [1.165, 1.54) is 0 Å². The number of carbonyl (C=O) groups is 1. The van der Waals surface area contributed by atoms with Crippen molar-refractivity contribution in [1.29, 1.82) is 0 Å². The molecule has 1 aromatic rings. The minimum absolute atomic E-state index is 0.0152. The molecule has 3 heteroatoms. The maximum absolute atomic E-state index is 12.4. The SMILES string of the molecule is CCOC(=O)C1(O)c2ccccc2CC2CCCC21. The van der Waals surface area contributed by atoms with Gasteiger partial charge < -0.3 is 9.84 Å². The Labute approximate surface area is 113 Å². The van der Waals surface area contributed by atoms with Gasteiger partial charge in [-0.1, -0.05) is 30.7 Å². The van der Waals surface area contributed by atoms with Gasteiger partial charge in [0.1, 0.15) is 0 Å². The largest absolute Gasteiger partial charge is 0.464 e. The second-order valence-corrected chi connectivity index (χ2v) is 5.65. The molecule has 3 nitrogen and oxygen atoms in total. The van der Waals surface area contributed by atoms with E-state index in [-0.39, 0.29) is 5.92 Å². The first-order valence-corrected chi connectivity index (χ1v) is 7.16. The molecule has 3 rings (SSSR count). The van der Waals surface area contributed by atoms with Gasteiger partial charge in [-0.05, 0) is 43.2 Å². The summed E-state index contributed by atoms with van der Waals surface area (Å²) in [6.45, 7) is 2.09. The lowest BCUT2D eigenvalue weighted by atomic mass is 9.67. The van der Waals surface area contributed by atoms with Crippen molar-refractivity contribution in [2.45, 2.75) is 38.2 Å². The predicted molar refractivity (Wildman–Crippen MR) is 71.5 cm³/mol. The monoisotopic (exact) mass is 260 g/mol. The molecule has 1 N–H and O–H groups in total. The number of hydrogen-bond acceptors (Lipinski definition) is 3. The highest BCUT2D eigenvalue weighted by Crippen LogP contribution is 2.50. The fraction of sp³-hybridized carbons (Fsp3) is 0.562. The average Bonchev–Trinajstić information content (AvgIpc) is 2.88. The van der Waals surface area contributed by atoms with Crippen LogP contribution in [0, 0.1) is 11.8 Å². The lowest BCUT2D eigenvalue weighted by Crippen LogP contribution is -2.49. The number of benzene rings is 1. The van der Waals surface area contributed by atoms with Gasteiger partial charge in [0.15, 0.2) is 5.60 Å². The molecule has 0 aromatic heterocycles. The maximum Gasteiger partial charge on any atom is 0.343 e. The number of esters is 1. The first kappa shape index (κ1) is 12.7. The zero-order valence-electron chi connectivity index (χ0n) is 11.3. The van der Waals surface area contributed by atoms with Crippen molar-refractivity contribution >= 4 is 5.97 Å². The second-order valence-electron chi connectivity index (χ2n) is 5.65. The standard InChI is InChI=1S/C16H20O3/c1-2-19-15(17)16(18)13-8-4-3-6-11(13)10-12-7-5-9-14(12)16/h3-4,6,8,12,14,18H,2,5,7,9-10H2,1H3. The van der Waals surface area contributed by atoms with Crippen molar-refractivity contribution in [3.05, 3.63) is 35.4 Å². The van der Waals surface area contributed by atoms with E-state index in [0.29, 0.717) is 12.5 Å². The van der Waals surface area contributed by atoms with E-state index < -0.39 is 11.6 Å². The molecule has 1 saturated carbocycles. The van der Waals surface area contributed by atoms with Gasteiger partial charge in [0.2, 0.25) is 0 Å². The fourth-order valence-electron chi connectivity index (χ4n) is 3.89. The van der Waals surface area contributed by atoms with Gasteiger partial charge in [-0.25, -0.2) is 4.79 Å². The third-order valence-electron chi connectivity index (χ3n) is 4.69. The van der Waals surface area contributed by atoms with Crippen LogP contribution in [0.2, 0.25) is 0 Å². The first-order chi connectivity index (χ1) is 9.17. The van der Waals surface area contributed by atoms with Crippen molar-refractivity contribution in [3.8, 4) is 0 Å². The van der Waals surface area contributed by atoms with Crippen molar-refractivity contribution in [3.63, 3.8) is 0 Å². The molecule has 2 aliphatic carbocycles. The number of aliphatic hydroxyl groups is 1. The van der Waals surface area contributed by atoms with Crippen LogP contribution in [0.25, 0.3) is 0 Å². The Balaban J connectivity index is 2.10. The first-order valence-electron chi connectivity index (χ1n) is 7.16. The van der Waals surface area contributed by atoms with Crippen LogP contribution in [0.5, 0.6) is 0 Å². The van der Waals surface area contributed by atoms with E-state index >= 15 is 0 Å². The second kappa shape index (κ2) is 4.64. The van der Waals surface area contributed by atoms with Crippen LogP contribution in [0.4, 0.5) is 0 Å². The molecule has 0 radical (unpaired) electrons. The van der Waals surface area contributed by atoms with E-state index in [9.17, 15) is 9.90 Å². The highest BCUT2D eigenvalue weighted by molar-refractivity contribution is 5.82. The lowest BCUT2D eigenvalue weighted by Gasteiger charge is -2.41. The van der Waals surface area contributed by atoms with E-state index in [1.807, 2.05) is 24.3 Å². The van der Waals surface area contributed by atoms with Crippen LogP contribution in [-0.2, 0) is 21.6 Å². The summed E-state index contributed by atoms with van der Waals surface area (Å²) in [5.74, 6) is -0.0511. The number of carbonyl (C=O) groups excluding carboxylic acids is 1. The minimum atomic E-state index is -1.44. The van der Waals surface area contributed by atoms with E-state index in [2.05, 4.69) is 0 Å². The Bertz CT molecular complexity index is 497. The summed E-state index contributed by atoms with van der Waals surface area (Å²) >= 11 is 0. The van der Waals surface area contributed by atoms with Crippen LogP contribution in [0.15, 0.2) is 24.3 Å². The summed E-state index contributed by atoms with van der Waals surface area (Å²) in [5, 5.41) is 11.1. The molecule has 0 heterocycles. The molecule has 0 amide bonds. The Kier molecular flexibility index (Phi) is 3.09.